The molecule has 1 saturated heterocycles. The summed E-state index contributed by atoms with van der Waals surface area (Å²) in [6.45, 7) is 2.16. The van der Waals surface area contributed by atoms with Crippen LogP contribution >= 0.6 is 0 Å². The summed E-state index contributed by atoms with van der Waals surface area (Å²) in [4.78, 5) is 34.0. The highest BCUT2D eigenvalue weighted by molar-refractivity contribution is 6.03. The molecule has 3 saturated carbocycles. The molecule has 3 aliphatic carbocycles. The van der Waals surface area contributed by atoms with E-state index in [1.54, 1.807) is 19.2 Å². The van der Waals surface area contributed by atoms with Gasteiger partial charge in [0.1, 0.15) is 17.1 Å². The van der Waals surface area contributed by atoms with Crippen LogP contribution in [0.25, 0.3) is 33.5 Å². The molecule has 3 heterocycles. The third kappa shape index (κ3) is 5.59. The van der Waals surface area contributed by atoms with Crippen LogP contribution in [0.5, 0.6) is 5.75 Å². The number of urea groups is 1. The van der Waals surface area contributed by atoms with E-state index in [0.717, 1.165) is 61.2 Å². The van der Waals surface area contributed by atoms with E-state index < -0.39 is 0 Å². The molecule has 3 N–H and O–H groups in total. The Morgan fingerprint density at radius 3 is 2.49 bits per heavy atom. The topological polar surface area (TPSA) is 107 Å². The number of piperidine rings is 1. The standard InChI is InChI=1S/C41H45FN6O3/c1-46-38-33(18-27(20-35(38)51-2)39(49)32-17-25-11-12-31(32)36(25)43)45-40(46)34-19-26-5-3-8-30(37(26)48(34)22-23-9-10-23)24-13-15-47(16-14-24)41(50)44-29-7-4-6-28(42)21-29/h3-8,18-21,23-25,31-32,36H,9-17,22,43H2,1-2H3,(H,44,50)/t25-,31+,32+,36?/m1/s1. The van der Waals surface area contributed by atoms with Crippen LogP contribution in [0.1, 0.15) is 66.8 Å². The number of rotatable bonds is 8. The zero-order chi connectivity index (χ0) is 35.0. The Hall–Kier alpha value is -4.70. The van der Waals surface area contributed by atoms with Crippen molar-refractivity contribution in [2.75, 3.05) is 25.5 Å². The number of para-hydroxylation sites is 1. The Kier molecular flexibility index (Phi) is 7.90. The number of fused-ring (bicyclic) bond motifs is 4. The van der Waals surface area contributed by atoms with Crippen LogP contribution in [0.4, 0.5) is 14.9 Å². The molecule has 10 heteroatoms. The number of ketones is 1. The summed E-state index contributed by atoms with van der Waals surface area (Å²) in [5.74, 6) is 2.90. The second-order valence-corrected chi connectivity index (χ2v) is 15.4. The summed E-state index contributed by atoms with van der Waals surface area (Å²) < 4.78 is 24.2. The number of hydrogen-bond acceptors (Lipinski definition) is 5. The normalized spacial score (nSPS) is 23.4. The molecule has 9 nitrogen and oxygen atoms in total. The number of hydrogen-bond donors (Lipinski definition) is 2. The summed E-state index contributed by atoms with van der Waals surface area (Å²) in [6, 6.07) is 18.6. The molecule has 2 bridgehead atoms. The van der Waals surface area contributed by atoms with E-state index in [1.807, 2.05) is 24.1 Å². The lowest BCUT2D eigenvalue weighted by molar-refractivity contribution is 0.0872. The van der Waals surface area contributed by atoms with Gasteiger partial charge in [0.25, 0.3) is 0 Å². The van der Waals surface area contributed by atoms with Gasteiger partial charge in [-0.25, -0.2) is 14.2 Å². The maximum absolute atomic E-state index is 13.9. The summed E-state index contributed by atoms with van der Waals surface area (Å²) in [6.07, 6.45) is 7.16. The molecule has 9 rings (SSSR count). The number of methoxy groups -OCH3 is 1. The van der Waals surface area contributed by atoms with Crippen LogP contribution in [0, 0.1) is 29.5 Å². The van der Waals surface area contributed by atoms with Crippen molar-refractivity contribution in [3.63, 3.8) is 0 Å². The predicted molar refractivity (Wildman–Crippen MR) is 197 cm³/mol. The van der Waals surface area contributed by atoms with Gasteiger partial charge in [0.05, 0.1) is 23.8 Å². The first-order valence-corrected chi connectivity index (χ1v) is 18.6. The average molecular weight is 689 g/mol. The Morgan fingerprint density at radius 1 is 0.980 bits per heavy atom. The number of aryl methyl sites for hydroxylation is 1. The number of ether oxygens (including phenoxy) is 1. The number of nitrogens with zero attached hydrogens (tertiary/aromatic N) is 4. The first-order chi connectivity index (χ1) is 24.8. The van der Waals surface area contributed by atoms with Gasteiger partial charge in [-0.3, -0.25) is 4.79 Å². The van der Waals surface area contributed by atoms with Gasteiger partial charge >= 0.3 is 6.03 Å². The molecule has 0 radical (unpaired) electrons. The molecule has 2 aromatic heterocycles. The number of aromatic nitrogens is 3. The van der Waals surface area contributed by atoms with Crippen LogP contribution in [-0.4, -0.2) is 57.1 Å². The number of benzene rings is 3. The van der Waals surface area contributed by atoms with Crippen molar-refractivity contribution in [3.8, 4) is 17.3 Å². The van der Waals surface area contributed by atoms with Crippen LogP contribution < -0.4 is 15.8 Å². The molecule has 51 heavy (non-hydrogen) atoms. The summed E-state index contributed by atoms with van der Waals surface area (Å²) in [7, 11) is 3.70. The Labute approximate surface area is 296 Å². The van der Waals surface area contributed by atoms with Crippen molar-refractivity contribution in [2.24, 2.45) is 36.5 Å². The quantitative estimate of drug-likeness (QED) is 0.162. The highest BCUT2D eigenvalue weighted by atomic mass is 19.1. The number of Topliss-reactive ketones (excluding diaryl/α,β-unsaturated/α-hetero) is 1. The van der Waals surface area contributed by atoms with E-state index >= 15 is 0 Å². The van der Waals surface area contributed by atoms with Crippen molar-refractivity contribution in [1.82, 2.24) is 19.0 Å². The Balaban J connectivity index is 1.04. The molecule has 4 atom stereocenters. The van der Waals surface area contributed by atoms with E-state index in [1.165, 1.54) is 41.4 Å². The molecule has 1 aliphatic heterocycles. The van der Waals surface area contributed by atoms with Gasteiger partial charge in [-0.2, -0.15) is 0 Å². The van der Waals surface area contributed by atoms with Crippen LogP contribution in [0.15, 0.2) is 60.7 Å². The van der Waals surface area contributed by atoms with E-state index in [9.17, 15) is 14.0 Å². The number of nitrogens with two attached hydrogens (primary N) is 1. The largest absolute Gasteiger partial charge is 0.494 e. The minimum Gasteiger partial charge on any atom is -0.494 e. The summed E-state index contributed by atoms with van der Waals surface area (Å²) in [5, 5.41) is 4.03. The molecular formula is C41H45FN6O3. The van der Waals surface area contributed by atoms with Crippen molar-refractivity contribution in [3.05, 3.63) is 77.6 Å². The third-order valence-electron chi connectivity index (χ3n) is 12.4. The van der Waals surface area contributed by atoms with Crippen molar-refractivity contribution < 1.29 is 18.7 Å². The minimum absolute atomic E-state index is 0.0294. The number of carbonyl (C=O) groups excluding carboxylic acids is 2. The maximum atomic E-state index is 13.9. The van der Waals surface area contributed by atoms with E-state index in [-0.39, 0.29) is 35.5 Å². The lowest BCUT2D eigenvalue weighted by atomic mass is 9.83. The van der Waals surface area contributed by atoms with Gasteiger partial charge in [0.15, 0.2) is 11.6 Å². The molecule has 0 spiro atoms. The SMILES string of the molecule is COc1cc(C(=O)[C@H]2C[C@H]3CC[C@@H]2C3N)cc2nc(-c3cc4cccc(C5CCN(C(=O)Nc6cccc(F)c6)CC5)c4n3CC3CC3)n(C)c12. The molecule has 3 aromatic carbocycles. The molecular weight excluding hydrogens is 643 g/mol. The average Bonchev–Trinajstić information content (AvgIpc) is 3.53. The number of nitrogens with one attached hydrogen (secondary N) is 1. The third-order valence-corrected chi connectivity index (χ3v) is 12.4. The van der Waals surface area contributed by atoms with Gasteiger partial charge in [-0.1, -0.05) is 24.3 Å². The highest BCUT2D eigenvalue weighted by Crippen LogP contribution is 2.49. The molecule has 2 amide bonds. The second kappa shape index (κ2) is 12.5. The second-order valence-electron chi connectivity index (χ2n) is 15.4. The van der Waals surface area contributed by atoms with Crippen LogP contribution in [-0.2, 0) is 13.6 Å². The zero-order valence-corrected chi connectivity index (χ0v) is 29.3. The first kappa shape index (κ1) is 32.2. The fourth-order valence-electron chi connectivity index (χ4n) is 9.52. The van der Waals surface area contributed by atoms with E-state index in [4.69, 9.17) is 15.5 Å². The lowest BCUT2D eigenvalue weighted by Gasteiger charge is -2.32. The van der Waals surface area contributed by atoms with Gasteiger partial charge in [0, 0.05) is 55.3 Å². The summed E-state index contributed by atoms with van der Waals surface area (Å²) in [5.41, 5.74) is 12.9. The molecule has 1 unspecified atom stereocenters. The lowest BCUT2D eigenvalue weighted by Crippen LogP contribution is -2.40. The number of likely N-dealkylation sites (tertiary alicyclic amines) is 1. The number of carbonyl (C=O) groups is 2. The monoisotopic (exact) mass is 688 g/mol. The van der Waals surface area contributed by atoms with Gasteiger partial charge in [0.2, 0.25) is 0 Å². The molecule has 264 valence electrons. The van der Waals surface area contributed by atoms with Gasteiger partial charge in [-0.05, 0) is 111 Å². The zero-order valence-electron chi connectivity index (χ0n) is 29.3. The molecule has 4 fully saturated rings. The number of amides is 2. The fraction of sp³-hybridized carbons (Fsp3) is 0.439. The number of anilines is 1. The first-order valence-electron chi connectivity index (χ1n) is 18.6. The van der Waals surface area contributed by atoms with E-state index in [0.29, 0.717) is 47.8 Å². The van der Waals surface area contributed by atoms with Crippen molar-refractivity contribution in [2.45, 2.75) is 63.5 Å². The van der Waals surface area contributed by atoms with E-state index in [2.05, 4.69) is 38.7 Å². The number of imidazole rings is 1. The smallest absolute Gasteiger partial charge is 0.321 e. The highest BCUT2D eigenvalue weighted by Gasteiger charge is 2.49. The Morgan fingerprint density at radius 2 is 1.78 bits per heavy atom. The summed E-state index contributed by atoms with van der Waals surface area (Å²) >= 11 is 0. The maximum Gasteiger partial charge on any atom is 0.321 e. The predicted octanol–water partition coefficient (Wildman–Crippen LogP) is 7.72. The fourth-order valence-corrected chi connectivity index (χ4v) is 9.52. The van der Waals surface area contributed by atoms with Gasteiger partial charge < -0.3 is 29.8 Å². The van der Waals surface area contributed by atoms with Crippen LogP contribution in [0.2, 0.25) is 0 Å². The number of halogens is 1. The van der Waals surface area contributed by atoms with Gasteiger partial charge in [-0.15, -0.1) is 0 Å². The Bertz CT molecular complexity index is 2180. The van der Waals surface area contributed by atoms with Crippen molar-refractivity contribution in [1.29, 1.82) is 0 Å². The van der Waals surface area contributed by atoms with Crippen molar-refractivity contribution >= 4 is 39.4 Å². The minimum atomic E-state index is -0.373. The molecule has 5 aromatic rings. The molecule has 4 aliphatic rings. The van der Waals surface area contributed by atoms with Crippen LogP contribution in [0.3, 0.4) is 0 Å².